The van der Waals surface area contributed by atoms with Gasteiger partial charge in [-0.05, 0) is 57.0 Å². The highest BCUT2D eigenvalue weighted by atomic mass is 16.5. The molecule has 2 amide bonds. The van der Waals surface area contributed by atoms with Crippen molar-refractivity contribution in [1.82, 2.24) is 9.80 Å². The van der Waals surface area contributed by atoms with Crippen molar-refractivity contribution in [3.63, 3.8) is 0 Å². The van der Waals surface area contributed by atoms with Crippen molar-refractivity contribution in [1.29, 1.82) is 0 Å². The fourth-order valence-corrected chi connectivity index (χ4v) is 3.54. The van der Waals surface area contributed by atoms with Crippen molar-refractivity contribution in [3.8, 4) is 5.75 Å². The van der Waals surface area contributed by atoms with Crippen LogP contribution in [0.1, 0.15) is 42.8 Å². The Morgan fingerprint density at radius 2 is 2.07 bits per heavy atom. The van der Waals surface area contributed by atoms with Crippen molar-refractivity contribution in [3.05, 3.63) is 54.0 Å². The molecule has 162 valence electrons. The summed E-state index contributed by atoms with van der Waals surface area (Å²) in [6.45, 7) is 5.36. The number of hydrogen-bond donors (Lipinski definition) is 0. The van der Waals surface area contributed by atoms with Crippen LogP contribution < -0.4 is 4.74 Å². The highest BCUT2D eigenvalue weighted by Gasteiger charge is 2.28. The second-order valence-corrected chi connectivity index (χ2v) is 7.75. The van der Waals surface area contributed by atoms with Crippen LogP contribution in [0, 0.1) is 0 Å². The number of methoxy groups -OCH3 is 1. The van der Waals surface area contributed by atoms with Crippen LogP contribution in [-0.2, 0) is 16.1 Å². The molecule has 0 bridgehead atoms. The van der Waals surface area contributed by atoms with E-state index in [4.69, 9.17) is 13.9 Å². The Bertz CT molecular complexity index is 828. The van der Waals surface area contributed by atoms with Gasteiger partial charge in [-0.1, -0.05) is 6.07 Å². The first-order valence-electron chi connectivity index (χ1n) is 10.3. The Kier molecular flexibility index (Phi) is 7.52. The molecule has 1 fully saturated rings. The first kappa shape index (κ1) is 21.9. The quantitative estimate of drug-likeness (QED) is 0.629. The van der Waals surface area contributed by atoms with Crippen LogP contribution >= 0.6 is 0 Å². The summed E-state index contributed by atoms with van der Waals surface area (Å²) < 4.78 is 16.4. The fraction of sp³-hybridized carbons (Fsp3) is 0.478. The normalized spacial score (nSPS) is 15.9. The third kappa shape index (κ3) is 5.63. The molecule has 0 saturated carbocycles. The number of benzene rings is 1. The van der Waals surface area contributed by atoms with Crippen LogP contribution in [0.15, 0.2) is 47.1 Å². The zero-order valence-corrected chi connectivity index (χ0v) is 17.9. The Hall–Kier alpha value is -2.80. The van der Waals surface area contributed by atoms with Crippen molar-refractivity contribution in [2.45, 2.75) is 45.4 Å². The first-order chi connectivity index (χ1) is 14.5. The summed E-state index contributed by atoms with van der Waals surface area (Å²) in [6.07, 6.45) is 3.54. The van der Waals surface area contributed by atoms with E-state index in [-0.39, 0.29) is 30.5 Å². The lowest BCUT2D eigenvalue weighted by molar-refractivity contribution is -0.134. The third-order valence-corrected chi connectivity index (χ3v) is 5.23. The van der Waals surface area contributed by atoms with Crippen LogP contribution in [0.4, 0.5) is 0 Å². The van der Waals surface area contributed by atoms with Gasteiger partial charge in [0.1, 0.15) is 18.1 Å². The predicted octanol–water partition coefficient (Wildman–Crippen LogP) is 3.35. The zero-order valence-electron chi connectivity index (χ0n) is 17.9. The van der Waals surface area contributed by atoms with Crippen LogP contribution in [0.25, 0.3) is 0 Å². The minimum absolute atomic E-state index is 0.0128. The second-order valence-electron chi connectivity index (χ2n) is 7.75. The third-order valence-electron chi connectivity index (χ3n) is 5.23. The van der Waals surface area contributed by atoms with E-state index in [1.165, 1.54) is 0 Å². The molecular formula is C23H30N2O5. The van der Waals surface area contributed by atoms with Gasteiger partial charge in [0.25, 0.3) is 5.91 Å². The second kappa shape index (κ2) is 10.3. The van der Waals surface area contributed by atoms with Crippen molar-refractivity contribution >= 4 is 11.8 Å². The van der Waals surface area contributed by atoms with Gasteiger partial charge < -0.3 is 23.7 Å². The molecule has 1 aliphatic rings. The monoisotopic (exact) mass is 414 g/mol. The summed E-state index contributed by atoms with van der Waals surface area (Å²) >= 11 is 0. The average Bonchev–Trinajstić information content (AvgIpc) is 3.45. The average molecular weight is 415 g/mol. The fourth-order valence-electron chi connectivity index (χ4n) is 3.54. The van der Waals surface area contributed by atoms with E-state index in [9.17, 15) is 9.59 Å². The van der Waals surface area contributed by atoms with E-state index in [1.54, 1.807) is 53.5 Å². The maximum Gasteiger partial charge on any atom is 0.254 e. The van der Waals surface area contributed by atoms with Crippen LogP contribution in [0.2, 0.25) is 0 Å². The summed E-state index contributed by atoms with van der Waals surface area (Å²) in [5.41, 5.74) is 0.493. The molecule has 1 aliphatic heterocycles. The summed E-state index contributed by atoms with van der Waals surface area (Å²) in [5.74, 6) is 0.976. The number of carbonyl (C=O) groups excluding carboxylic acids is 2. The SMILES string of the molecule is COc1cccc(C(=O)N(CC(=O)N(Cc2ccco2)C[C@H]2CCCO2)C(C)C)c1. The Labute approximate surface area is 177 Å². The maximum atomic E-state index is 13.2. The molecule has 2 heterocycles. The molecule has 2 aromatic rings. The molecule has 7 nitrogen and oxygen atoms in total. The first-order valence-corrected chi connectivity index (χ1v) is 10.3. The number of furan rings is 1. The number of carbonyl (C=O) groups is 2. The van der Waals surface area contributed by atoms with Crippen molar-refractivity contribution in [2.24, 2.45) is 0 Å². The van der Waals surface area contributed by atoms with Gasteiger partial charge in [-0.15, -0.1) is 0 Å². The number of ether oxygens (including phenoxy) is 2. The van der Waals surface area contributed by atoms with E-state index in [2.05, 4.69) is 0 Å². The highest BCUT2D eigenvalue weighted by molar-refractivity contribution is 5.97. The Balaban J connectivity index is 1.74. The lowest BCUT2D eigenvalue weighted by atomic mass is 10.1. The van der Waals surface area contributed by atoms with Crippen molar-refractivity contribution < 1.29 is 23.5 Å². The molecule has 1 aromatic carbocycles. The van der Waals surface area contributed by atoms with E-state index in [1.807, 2.05) is 19.9 Å². The summed E-state index contributed by atoms with van der Waals surface area (Å²) in [4.78, 5) is 29.7. The number of amides is 2. The van der Waals surface area contributed by atoms with Gasteiger partial charge >= 0.3 is 0 Å². The molecule has 0 radical (unpaired) electrons. The van der Waals surface area contributed by atoms with Crippen LogP contribution in [0.5, 0.6) is 5.75 Å². The molecule has 1 saturated heterocycles. The predicted molar refractivity (Wildman–Crippen MR) is 112 cm³/mol. The number of nitrogens with zero attached hydrogens (tertiary/aromatic N) is 2. The van der Waals surface area contributed by atoms with Gasteiger partial charge in [0.2, 0.25) is 5.91 Å². The van der Waals surface area contributed by atoms with Gasteiger partial charge in [-0.25, -0.2) is 0 Å². The van der Waals surface area contributed by atoms with Gasteiger partial charge in [0.15, 0.2) is 0 Å². The molecule has 0 unspecified atom stereocenters. The Morgan fingerprint density at radius 1 is 1.23 bits per heavy atom. The zero-order chi connectivity index (χ0) is 21.5. The molecular weight excluding hydrogens is 384 g/mol. The van der Waals surface area contributed by atoms with Gasteiger partial charge in [-0.3, -0.25) is 9.59 Å². The lowest BCUT2D eigenvalue weighted by Gasteiger charge is -2.31. The van der Waals surface area contributed by atoms with Crippen molar-refractivity contribution in [2.75, 3.05) is 26.8 Å². The minimum atomic E-state index is -0.202. The molecule has 1 atom stereocenters. The summed E-state index contributed by atoms with van der Waals surface area (Å²) in [7, 11) is 1.56. The lowest BCUT2D eigenvalue weighted by Crippen LogP contribution is -2.47. The van der Waals surface area contributed by atoms with E-state index in [0.29, 0.717) is 30.2 Å². The molecule has 0 spiro atoms. The van der Waals surface area contributed by atoms with E-state index < -0.39 is 0 Å². The molecule has 3 rings (SSSR count). The summed E-state index contributed by atoms with van der Waals surface area (Å²) in [6, 6.07) is 10.5. The van der Waals surface area contributed by atoms with Crippen LogP contribution in [0.3, 0.4) is 0 Å². The number of hydrogen-bond acceptors (Lipinski definition) is 5. The largest absolute Gasteiger partial charge is 0.497 e. The van der Waals surface area contributed by atoms with E-state index in [0.717, 1.165) is 19.4 Å². The Morgan fingerprint density at radius 3 is 2.70 bits per heavy atom. The summed E-state index contributed by atoms with van der Waals surface area (Å²) in [5, 5.41) is 0. The van der Waals surface area contributed by atoms with Gasteiger partial charge in [0, 0.05) is 24.8 Å². The minimum Gasteiger partial charge on any atom is -0.497 e. The van der Waals surface area contributed by atoms with E-state index >= 15 is 0 Å². The topological polar surface area (TPSA) is 72.2 Å². The molecule has 7 heteroatoms. The molecule has 0 N–H and O–H groups in total. The highest BCUT2D eigenvalue weighted by Crippen LogP contribution is 2.18. The molecule has 0 aliphatic carbocycles. The molecule has 1 aromatic heterocycles. The molecule has 30 heavy (non-hydrogen) atoms. The van der Waals surface area contributed by atoms with Crippen LogP contribution in [-0.4, -0.2) is 60.6 Å². The number of rotatable bonds is 9. The smallest absolute Gasteiger partial charge is 0.254 e. The van der Waals surface area contributed by atoms with Gasteiger partial charge in [-0.2, -0.15) is 0 Å². The maximum absolute atomic E-state index is 13.2. The van der Waals surface area contributed by atoms with Gasteiger partial charge in [0.05, 0.1) is 26.0 Å². The standard InChI is InChI=1S/C23H30N2O5/c1-17(2)25(23(27)18-7-4-8-19(13-18)28-3)16-22(26)24(14-20-9-5-11-29-20)15-21-10-6-12-30-21/h4-5,7-9,11,13,17,21H,6,10,12,14-16H2,1-3H3/t21-/m1/s1.